The van der Waals surface area contributed by atoms with Crippen molar-refractivity contribution in [2.24, 2.45) is 0 Å². The van der Waals surface area contributed by atoms with Crippen LogP contribution in [0.5, 0.6) is 0 Å². The summed E-state index contributed by atoms with van der Waals surface area (Å²) in [7, 11) is 0. The first-order valence-corrected chi connectivity index (χ1v) is 9.10. The lowest BCUT2D eigenvalue weighted by atomic mass is 9.98. The first-order chi connectivity index (χ1) is 13.5. The predicted octanol–water partition coefficient (Wildman–Crippen LogP) is 2.03. The predicted molar refractivity (Wildman–Crippen MR) is 101 cm³/mol. The third-order valence-electron chi connectivity index (χ3n) is 5.18. The van der Waals surface area contributed by atoms with E-state index in [4.69, 9.17) is 4.74 Å². The minimum atomic E-state index is -0.784. The van der Waals surface area contributed by atoms with Gasteiger partial charge in [0.05, 0.1) is 10.5 Å². The van der Waals surface area contributed by atoms with Crippen molar-refractivity contribution in [3.05, 3.63) is 69.8 Å². The molecule has 2 aliphatic rings. The van der Waals surface area contributed by atoms with E-state index in [2.05, 4.69) is 4.90 Å². The standard InChI is InChI=1S/C20H19N3O5/c24-19(18-13-14-3-1-2-4-17(14)20(25)28-18)22-11-9-21(10-12-22)15-5-7-16(8-6-15)23(26)27/h1-8,18H,9-13H2/t18-/m1/s1. The van der Waals surface area contributed by atoms with E-state index in [1.807, 2.05) is 12.1 Å². The fourth-order valence-electron chi connectivity index (χ4n) is 3.64. The minimum Gasteiger partial charge on any atom is -0.448 e. The lowest BCUT2D eigenvalue weighted by Crippen LogP contribution is -2.53. The molecule has 0 spiro atoms. The van der Waals surface area contributed by atoms with Crippen molar-refractivity contribution in [3.63, 3.8) is 0 Å². The summed E-state index contributed by atoms with van der Waals surface area (Å²) in [5.41, 5.74) is 2.30. The molecule has 1 saturated heterocycles. The van der Waals surface area contributed by atoms with Gasteiger partial charge in [-0.1, -0.05) is 18.2 Å². The van der Waals surface area contributed by atoms with E-state index in [0.717, 1.165) is 11.3 Å². The maximum atomic E-state index is 12.8. The van der Waals surface area contributed by atoms with Crippen LogP contribution in [0, 0.1) is 10.1 Å². The first kappa shape index (κ1) is 18.0. The van der Waals surface area contributed by atoms with E-state index < -0.39 is 17.0 Å². The van der Waals surface area contributed by atoms with Gasteiger partial charge in [0.1, 0.15) is 0 Å². The van der Waals surface area contributed by atoms with Crippen LogP contribution in [-0.4, -0.2) is 54.0 Å². The largest absolute Gasteiger partial charge is 0.448 e. The molecule has 0 bridgehead atoms. The molecule has 1 amide bonds. The molecule has 2 aromatic rings. The lowest BCUT2D eigenvalue weighted by molar-refractivity contribution is -0.384. The molecule has 0 aliphatic carbocycles. The molecule has 28 heavy (non-hydrogen) atoms. The average molecular weight is 381 g/mol. The Labute approximate surface area is 161 Å². The van der Waals surface area contributed by atoms with Crippen molar-refractivity contribution in [3.8, 4) is 0 Å². The third kappa shape index (κ3) is 3.40. The lowest BCUT2D eigenvalue weighted by Gasteiger charge is -2.38. The van der Waals surface area contributed by atoms with Gasteiger partial charge in [-0.25, -0.2) is 4.79 Å². The summed E-state index contributed by atoms with van der Waals surface area (Å²) in [6, 6.07) is 13.6. The molecule has 0 aromatic heterocycles. The number of nitro groups is 1. The SMILES string of the molecule is O=C1O[C@@H](C(=O)N2CCN(c3ccc([N+](=O)[O-])cc3)CC2)Cc2ccccc21. The summed E-state index contributed by atoms with van der Waals surface area (Å²) in [4.78, 5) is 39.1. The molecule has 4 rings (SSSR count). The van der Waals surface area contributed by atoms with E-state index >= 15 is 0 Å². The van der Waals surface area contributed by atoms with Gasteiger partial charge in [-0.3, -0.25) is 14.9 Å². The highest BCUT2D eigenvalue weighted by molar-refractivity contribution is 5.95. The number of amides is 1. The van der Waals surface area contributed by atoms with Gasteiger partial charge in [0, 0.05) is 50.4 Å². The molecule has 8 nitrogen and oxygen atoms in total. The Morgan fingerprint density at radius 1 is 1.04 bits per heavy atom. The Hall–Kier alpha value is -3.42. The third-order valence-corrected chi connectivity index (χ3v) is 5.18. The Kier molecular flexibility index (Phi) is 4.68. The molecule has 2 heterocycles. The molecule has 0 N–H and O–H groups in total. The Morgan fingerprint density at radius 3 is 2.39 bits per heavy atom. The monoisotopic (exact) mass is 381 g/mol. The van der Waals surface area contributed by atoms with Gasteiger partial charge >= 0.3 is 5.97 Å². The first-order valence-electron chi connectivity index (χ1n) is 9.10. The number of ether oxygens (including phenoxy) is 1. The van der Waals surface area contributed by atoms with Crippen LogP contribution in [0.4, 0.5) is 11.4 Å². The summed E-state index contributed by atoms with van der Waals surface area (Å²) in [5, 5.41) is 10.8. The number of nitrogens with zero attached hydrogens (tertiary/aromatic N) is 3. The fourth-order valence-corrected chi connectivity index (χ4v) is 3.64. The summed E-state index contributed by atoms with van der Waals surface area (Å²) < 4.78 is 5.37. The number of benzene rings is 2. The molecule has 1 atom stereocenters. The summed E-state index contributed by atoms with van der Waals surface area (Å²) in [6.45, 7) is 2.23. The average Bonchev–Trinajstić information content (AvgIpc) is 2.73. The topological polar surface area (TPSA) is 93.0 Å². The van der Waals surface area contributed by atoms with Gasteiger partial charge < -0.3 is 14.5 Å². The normalized spacial score (nSPS) is 19.0. The Balaban J connectivity index is 1.38. The molecule has 0 saturated carbocycles. The number of piperazine rings is 1. The molecule has 0 unspecified atom stereocenters. The zero-order chi connectivity index (χ0) is 19.7. The van der Waals surface area contributed by atoms with Crippen LogP contribution in [-0.2, 0) is 16.0 Å². The summed E-state index contributed by atoms with van der Waals surface area (Å²) in [5.74, 6) is -0.629. The molecule has 1 fully saturated rings. The van der Waals surface area contributed by atoms with Crippen LogP contribution in [0.3, 0.4) is 0 Å². The number of rotatable bonds is 3. The Morgan fingerprint density at radius 2 is 1.71 bits per heavy atom. The second-order valence-corrected chi connectivity index (χ2v) is 6.84. The van der Waals surface area contributed by atoms with Crippen LogP contribution in [0.2, 0.25) is 0 Å². The highest BCUT2D eigenvalue weighted by Gasteiger charge is 2.34. The number of nitro benzene ring substituents is 1. The molecule has 8 heteroatoms. The van der Waals surface area contributed by atoms with Crippen molar-refractivity contribution in [2.75, 3.05) is 31.1 Å². The van der Waals surface area contributed by atoms with Gasteiger partial charge in [0.25, 0.3) is 11.6 Å². The molecule has 2 aliphatic heterocycles. The number of esters is 1. The van der Waals surface area contributed by atoms with Crippen molar-refractivity contribution in [1.82, 2.24) is 4.90 Å². The maximum Gasteiger partial charge on any atom is 0.339 e. The summed E-state index contributed by atoms with van der Waals surface area (Å²) in [6.07, 6.45) is -0.392. The van der Waals surface area contributed by atoms with Crippen molar-refractivity contribution >= 4 is 23.3 Å². The van der Waals surface area contributed by atoms with Crippen LogP contribution in [0.25, 0.3) is 0 Å². The van der Waals surface area contributed by atoms with E-state index in [0.29, 0.717) is 38.2 Å². The number of hydrogen-bond donors (Lipinski definition) is 0. The highest BCUT2D eigenvalue weighted by atomic mass is 16.6. The zero-order valence-corrected chi connectivity index (χ0v) is 15.1. The summed E-state index contributed by atoms with van der Waals surface area (Å²) >= 11 is 0. The molecule has 0 radical (unpaired) electrons. The van der Waals surface area contributed by atoms with Gasteiger partial charge in [0.2, 0.25) is 0 Å². The molecule has 144 valence electrons. The van der Waals surface area contributed by atoms with E-state index in [1.165, 1.54) is 12.1 Å². The van der Waals surface area contributed by atoms with Crippen molar-refractivity contribution < 1.29 is 19.2 Å². The van der Waals surface area contributed by atoms with Gasteiger partial charge in [-0.05, 0) is 23.8 Å². The van der Waals surface area contributed by atoms with E-state index in [9.17, 15) is 19.7 Å². The van der Waals surface area contributed by atoms with Crippen LogP contribution in [0.15, 0.2) is 48.5 Å². The van der Waals surface area contributed by atoms with Crippen LogP contribution >= 0.6 is 0 Å². The highest BCUT2D eigenvalue weighted by Crippen LogP contribution is 2.24. The van der Waals surface area contributed by atoms with Gasteiger partial charge in [-0.2, -0.15) is 0 Å². The zero-order valence-electron chi connectivity index (χ0n) is 15.1. The second-order valence-electron chi connectivity index (χ2n) is 6.84. The van der Waals surface area contributed by atoms with Crippen molar-refractivity contribution in [2.45, 2.75) is 12.5 Å². The number of non-ortho nitro benzene ring substituents is 1. The number of hydrogen-bond acceptors (Lipinski definition) is 6. The fraction of sp³-hybridized carbons (Fsp3) is 0.300. The smallest absolute Gasteiger partial charge is 0.339 e. The number of anilines is 1. The minimum absolute atomic E-state index is 0.0527. The van der Waals surface area contributed by atoms with E-state index in [1.54, 1.807) is 29.2 Å². The number of cyclic esters (lactones) is 1. The second kappa shape index (κ2) is 7.30. The molecular weight excluding hydrogens is 362 g/mol. The van der Waals surface area contributed by atoms with Gasteiger partial charge in [0.15, 0.2) is 6.10 Å². The Bertz CT molecular complexity index is 920. The molecule has 2 aromatic carbocycles. The quantitative estimate of drug-likeness (QED) is 0.459. The number of fused-ring (bicyclic) bond motifs is 1. The van der Waals surface area contributed by atoms with E-state index in [-0.39, 0.29) is 11.6 Å². The maximum absolute atomic E-state index is 12.8. The van der Waals surface area contributed by atoms with Gasteiger partial charge in [-0.15, -0.1) is 0 Å². The number of carbonyl (C=O) groups excluding carboxylic acids is 2. The van der Waals surface area contributed by atoms with Crippen molar-refractivity contribution in [1.29, 1.82) is 0 Å². The van der Waals surface area contributed by atoms with Crippen LogP contribution < -0.4 is 4.90 Å². The molecular formula is C20H19N3O5. The van der Waals surface area contributed by atoms with Crippen LogP contribution in [0.1, 0.15) is 15.9 Å². The number of carbonyl (C=O) groups is 2.